The minimum Gasteiger partial charge on any atom is -0.395 e. The average Bonchev–Trinajstić information content (AvgIpc) is 1.96. The summed E-state index contributed by atoms with van der Waals surface area (Å²) in [6.45, 7) is 0.413. The average molecular weight is 218 g/mol. The number of aliphatic hydroxyl groups is 1. The van der Waals surface area contributed by atoms with E-state index in [1.165, 1.54) is 21.6 Å². The summed E-state index contributed by atoms with van der Waals surface area (Å²) >= 11 is -2.14. The van der Waals surface area contributed by atoms with Crippen molar-refractivity contribution in [3.63, 3.8) is 0 Å². The van der Waals surface area contributed by atoms with Crippen LogP contribution in [0.15, 0.2) is 0 Å². The molecule has 0 aliphatic rings. The molecule has 0 saturated heterocycles. The van der Waals surface area contributed by atoms with Gasteiger partial charge in [-0.3, -0.25) is 8.74 Å². The molecule has 1 unspecified atom stereocenters. The first kappa shape index (κ1) is 11.7. The fraction of sp³-hybridized carbons (Fsp3) is 1.00. The van der Waals surface area contributed by atoms with Crippen molar-refractivity contribution in [2.45, 2.75) is 0 Å². The summed E-state index contributed by atoms with van der Waals surface area (Å²) in [7, 11) is 3.02. The molecule has 0 aromatic heterocycles. The van der Waals surface area contributed by atoms with Crippen LogP contribution in [-0.4, -0.2) is 38.6 Å². The van der Waals surface area contributed by atoms with Crippen molar-refractivity contribution < 1.29 is 18.1 Å². The Kier molecular flexibility index (Phi) is 9.41. The Hall–Kier alpha value is 0.730. The standard InChI is InChI=1S/C4H10O4S3/c5-1-3-9-10-4-2-8-11(6)7/h5H,1-4H2,(H,6,7). The molecule has 7 heteroatoms. The van der Waals surface area contributed by atoms with E-state index in [1.807, 2.05) is 0 Å². The van der Waals surface area contributed by atoms with Crippen LogP contribution in [-0.2, 0) is 15.5 Å². The highest BCUT2D eigenvalue weighted by molar-refractivity contribution is 8.76. The molecular formula is C4H10O4S3. The molecule has 0 amide bonds. The topological polar surface area (TPSA) is 66.8 Å². The maximum absolute atomic E-state index is 9.92. The van der Waals surface area contributed by atoms with Crippen molar-refractivity contribution in [1.82, 2.24) is 0 Å². The highest BCUT2D eigenvalue weighted by Gasteiger charge is 1.93. The van der Waals surface area contributed by atoms with E-state index in [9.17, 15) is 4.21 Å². The first-order valence-corrected chi connectivity index (χ1v) is 6.38. The van der Waals surface area contributed by atoms with Gasteiger partial charge in [0.05, 0.1) is 13.2 Å². The van der Waals surface area contributed by atoms with Gasteiger partial charge in [0, 0.05) is 11.5 Å². The number of rotatable bonds is 7. The van der Waals surface area contributed by atoms with E-state index >= 15 is 0 Å². The second-order valence-electron chi connectivity index (χ2n) is 1.41. The van der Waals surface area contributed by atoms with Gasteiger partial charge in [0.1, 0.15) is 0 Å². The lowest BCUT2D eigenvalue weighted by molar-refractivity contribution is 0.322. The Labute approximate surface area is 76.0 Å². The van der Waals surface area contributed by atoms with Gasteiger partial charge in [-0.25, -0.2) is 0 Å². The second-order valence-corrected chi connectivity index (χ2v) is 4.78. The minimum atomic E-state index is -2.14. The normalized spacial score (nSPS) is 13.3. The SMILES string of the molecule is O=S(O)OCCSSCCO. The largest absolute Gasteiger partial charge is 0.395 e. The highest BCUT2D eigenvalue weighted by Crippen LogP contribution is 2.19. The lowest BCUT2D eigenvalue weighted by atomic mass is 10.9. The van der Waals surface area contributed by atoms with Crippen LogP contribution >= 0.6 is 21.6 Å². The van der Waals surface area contributed by atoms with Gasteiger partial charge in [-0.05, 0) is 0 Å². The van der Waals surface area contributed by atoms with Crippen LogP contribution in [0, 0.1) is 0 Å². The van der Waals surface area contributed by atoms with Crippen molar-refractivity contribution in [2.24, 2.45) is 0 Å². The fourth-order valence-electron chi connectivity index (χ4n) is 0.294. The summed E-state index contributed by atoms with van der Waals surface area (Å²) in [5.74, 6) is 1.32. The van der Waals surface area contributed by atoms with E-state index in [4.69, 9.17) is 9.66 Å². The molecule has 0 heterocycles. The molecule has 2 N–H and O–H groups in total. The van der Waals surface area contributed by atoms with E-state index in [2.05, 4.69) is 4.18 Å². The van der Waals surface area contributed by atoms with Crippen molar-refractivity contribution in [2.75, 3.05) is 24.7 Å². The number of hydrogen-bond donors (Lipinski definition) is 2. The zero-order valence-corrected chi connectivity index (χ0v) is 8.21. The minimum absolute atomic E-state index is 0.157. The summed E-state index contributed by atoms with van der Waals surface area (Å²) < 4.78 is 22.4. The molecular weight excluding hydrogens is 208 g/mol. The molecule has 0 aromatic rings. The molecule has 0 spiro atoms. The summed E-state index contributed by atoms with van der Waals surface area (Å²) in [6.07, 6.45) is 0. The summed E-state index contributed by atoms with van der Waals surface area (Å²) in [6, 6.07) is 0. The number of aliphatic hydroxyl groups excluding tert-OH is 1. The molecule has 0 aliphatic carbocycles. The van der Waals surface area contributed by atoms with Crippen LogP contribution in [0.25, 0.3) is 0 Å². The second kappa shape index (κ2) is 8.82. The van der Waals surface area contributed by atoms with Crippen LogP contribution in [0.3, 0.4) is 0 Å². The van der Waals surface area contributed by atoms with Crippen molar-refractivity contribution in [3.05, 3.63) is 0 Å². The molecule has 1 atom stereocenters. The third-order valence-corrected chi connectivity index (χ3v) is 3.33. The molecule has 0 bridgehead atoms. The van der Waals surface area contributed by atoms with Gasteiger partial charge < -0.3 is 5.11 Å². The van der Waals surface area contributed by atoms with Crippen LogP contribution in [0.2, 0.25) is 0 Å². The van der Waals surface area contributed by atoms with Gasteiger partial charge in [-0.2, -0.15) is 4.21 Å². The third kappa shape index (κ3) is 10.7. The Morgan fingerprint density at radius 1 is 1.36 bits per heavy atom. The van der Waals surface area contributed by atoms with Crippen LogP contribution in [0.1, 0.15) is 0 Å². The smallest absolute Gasteiger partial charge is 0.301 e. The molecule has 68 valence electrons. The van der Waals surface area contributed by atoms with Gasteiger partial charge in [-0.15, -0.1) is 0 Å². The van der Waals surface area contributed by atoms with Crippen molar-refractivity contribution >= 4 is 32.9 Å². The van der Waals surface area contributed by atoms with E-state index < -0.39 is 11.4 Å². The van der Waals surface area contributed by atoms with E-state index in [1.54, 1.807) is 0 Å². The summed E-state index contributed by atoms with van der Waals surface area (Å²) in [5.41, 5.74) is 0. The Bertz CT molecular complexity index is 110. The molecule has 0 radical (unpaired) electrons. The summed E-state index contributed by atoms with van der Waals surface area (Å²) in [5, 5.41) is 8.36. The highest BCUT2D eigenvalue weighted by atomic mass is 33.1. The molecule has 0 aromatic carbocycles. The third-order valence-electron chi connectivity index (χ3n) is 0.609. The monoisotopic (exact) mass is 218 g/mol. The zero-order valence-electron chi connectivity index (χ0n) is 5.76. The zero-order chi connectivity index (χ0) is 8.53. The summed E-state index contributed by atoms with van der Waals surface area (Å²) in [4.78, 5) is 0. The Balaban J connectivity index is 2.85. The molecule has 0 rings (SSSR count). The predicted octanol–water partition coefficient (Wildman–Crippen LogP) is 0.513. The van der Waals surface area contributed by atoms with Crippen molar-refractivity contribution in [3.8, 4) is 0 Å². The van der Waals surface area contributed by atoms with Gasteiger partial charge in [0.25, 0.3) is 0 Å². The van der Waals surface area contributed by atoms with Gasteiger partial charge >= 0.3 is 11.4 Å². The predicted molar refractivity (Wildman–Crippen MR) is 48.7 cm³/mol. The lowest BCUT2D eigenvalue weighted by Crippen LogP contribution is -1.98. The molecule has 0 fully saturated rings. The van der Waals surface area contributed by atoms with E-state index in [0.717, 1.165) is 0 Å². The maximum atomic E-state index is 9.92. The molecule has 0 saturated carbocycles. The van der Waals surface area contributed by atoms with Crippen LogP contribution < -0.4 is 0 Å². The lowest BCUT2D eigenvalue weighted by Gasteiger charge is -1.97. The maximum Gasteiger partial charge on any atom is 0.301 e. The van der Waals surface area contributed by atoms with Gasteiger partial charge in [0.15, 0.2) is 0 Å². The Morgan fingerprint density at radius 3 is 2.55 bits per heavy atom. The molecule has 4 nitrogen and oxygen atoms in total. The van der Waals surface area contributed by atoms with Gasteiger partial charge in [0.2, 0.25) is 0 Å². The van der Waals surface area contributed by atoms with Gasteiger partial charge in [-0.1, -0.05) is 21.6 Å². The first-order valence-electron chi connectivity index (χ1n) is 2.86. The quantitative estimate of drug-likeness (QED) is 0.369. The number of hydrogen-bond acceptors (Lipinski definition) is 5. The van der Waals surface area contributed by atoms with E-state index in [0.29, 0.717) is 11.5 Å². The fourth-order valence-corrected chi connectivity index (χ4v) is 2.22. The van der Waals surface area contributed by atoms with Crippen molar-refractivity contribution in [1.29, 1.82) is 0 Å². The van der Waals surface area contributed by atoms with Crippen LogP contribution in [0.5, 0.6) is 0 Å². The molecule has 11 heavy (non-hydrogen) atoms. The Morgan fingerprint density at radius 2 is 2.00 bits per heavy atom. The first-order chi connectivity index (χ1) is 5.27. The van der Waals surface area contributed by atoms with E-state index in [-0.39, 0.29) is 13.2 Å². The van der Waals surface area contributed by atoms with Crippen LogP contribution in [0.4, 0.5) is 0 Å². The molecule has 0 aliphatic heterocycles.